The number of carbonyl (C=O) groups excluding carboxylic acids is 1. The molecule has 0 aliphatic heterocycles. The van der Waals surface area contributed by atoms with Crippen LogP contribution >= 0.6 is 0 Å². The van der Waals surface area contributed by atoms with E-state index in [1.54, 1.807) is 0 Å². The fourth-order valence-electron chi connectivity index (χ4n) is 3.47. The fraction of sp³-hybridized carbons (Fsp3) is 0.435. The highest BCUT2D eigenvalue weighted by atomic mass is 16.5. The fourth-order valence-corrected chi connectivity index (χ4v) is 3.47. The van der Waals surface area contributed by atoms with Crippen LogP contribution in [-0.4, -0.2) is 35.2 Å². The Morgan fingerprint density at radius 1 is 1.07 bits per heavy atom. The molecule has 2 aromatic carbocycles. The van der Waals surface area contributed by atoms with Crippen LogP contribution in [0.1, 0.15) is 52.0 Å². The topological polar surface area (TPSA) is 78.8 Å². The molecule has 0 radical (unpaired) electrons. The van der Waals surface area contributed by atoms with E-state index >= 15 is 0 Å². The van der Waals surface area contributed by atoms with Crippen molar-refractivity contribution in [1.29, 1.82) is 0 Å². The Labute approximate surface area is 167 Å². The highest BCUT2D eigenvalue weighted by molar-refractivity contribution is 6.01. The van der Waals surface area contributed by atoms with Gasteiger partial charge in [0.1, 0.15) is 0 Å². The van der Waals surface area contributed by atoms with Crippen LogP contribution in [0.25, 0.3) is 0 Å². The van der Waals surface area contributed by atoms with Gasteiger partial charge in [0.05, 0.1) is 19.2 Å². The van der Waals surface area contributed by atoms with Gasteiger partial charge in [-0.25, -0.2) is 0 Å². The molecule has 0 saturated carbocycles. The van der Waals surface area contributed by atoms with Crippen LogP contribution in [-0.2, 0) is 6.42 Å². The Bertz CT molecular complexity index is 874. The third-order valence-electron chi connectivity index (χ3n) is 5.48. The molecule has 28 heavy (non-hydrogen) atoms. The first-order valence-electron chi connectivity index (χ1n) is 9.42. The molecule has 152 valence electrons. The first-order chi connectivity index (χ1) is 13.0. The summed E-state index contributed by atoms with van der Waals surface area (Å²) in [6.07, 6.45) is 0.790. The number of ketones is 1. The largest absolute Gasteiger partial charge is 0.504 e. The average Bonchev–Trinajstić information content (AvgIpc) is 2.64. The van der Waals surface area contributed by atoms with E-state index in [-0.39, 0.29) is 34.9 Å². The number of aromatic hydroxyl groups is 2. The third kappa shape index (κ3) is 4.47. The third-order valence-corrected chi connectivity index (χ3v) is 5.48. The number of nitrogens with one attached hydrogen (secondary N) is 1. The van der Waals surface area contributed by atoms with E-state index in [1.165, 1.54) is 47.1 Å². The molecule has 0 saturated heterocycles. The minimum atomic E-state index is -0.422. The molecular formula is C23H31NO4. The maximum atomic E-state index is 12.7. The lowest BCUT2D eigenvalue weighted by Crippen LogP contribution is -2.44. The van der Waals surface area contributed by atoms with E-state index in [1.807, 2.05) is 0 Å². The number of carbonyl (C=O) groups is 1. The maximum absolute atomic E-state index is 12.7. The lowest BCUT2D eigenvalue weighted by atomic mass is 9.86. The van der Waals surface area contributed by atoms with Gasteiger partial charge in [0.2, 0.25) is 5.75 Å². The second-order valence-electron chi connectivity index (χ2n) is 8.09. The van der Waals surface area contributed by atoms with Crippen molar-refractivity contribution in [1.82, 2.24) is 5.32 Å². The summed E-state index contributed by atoms with van der Waals surface area (Å²) < 4.78 is 5.10. The van der Waals surface area contributed by atoms with Crippen molar-refractivity contribution in [3.05, 3.63) is 51.6 Å². The molecule has 0 atom stereocenters. The van der Waals surface area contributed by atoms with Gasteiger partial charge in [0, 0.05) is 5.54 Å². The van der Waals surface area contributed by atoms with Crippen LogP contribution in [0.3, 0.4) is 0 Å². The summed E-state index contributed by atoms with van der Waals surface area (Å²) >= 11 is 0. The quantitative estimate of drug-likeness (QED) is 0.493. The molecule has 2 rings (SSSR count). The van der Waals surface area contributed by atoms with E-state index in [4.69, 9.17) is 4.74 Å². The standard InChI is InChI=1S/C23H31NO4/c1-13-10-14(2)16(4)18(15(13)3)11-23(5,6)24-12-20(26)17-8-9-19(25)21(27)22(17)28-7/h8-10,24-25,27H,11-12H2,1-7H3. The Morgan fingerprint density at radius 3 is 2.18 bits per heavy atom. The molecule has 0 fully saturated rings. The van der Waals surface area contributed by atoms with Crippen LogP contribution in [0, 0.1) is 27.7 Å². The van der Waals surface area contributed by atoms with E-state index in [9.17, 15) is 15.0 Å². The highest BCUT2D eigenvalue weighted by Crippen LogP contribution is 2.38. The number of Topliss-reactive ketones (excluding diaryl/α,β-unsaturated/α-hetero) is 1. The molecule has 0 amide bonds. The van der Waals surface area contributed by atoms with Crippen molar-refractivity contribution in [2.75, 3.05) is 13.7 Å². The number of hydrogen-bond donors (Lipinski definition) is 3. The van der Waals surface area contributed by atoms with Gasteiger partial charge in [-0.2, -0.15) is 0 Å². The minimum absolute atomic E-state index is 0.00870. The van der Waals surface area contributed by atoms with Gasteiger partial charge in [-0.05, 0) is 87.9 Å². The number of phenolic OH excluding ortho intramolecular Hbond substituents is 2. The Hall–Kier alpha value is -2.53. The number of benzene rings is 2. The first kappa shape index (κ1) is 21.8. The smallest absolute Gasteiger partial charge is 0.201 e. The van der Waals surface area contributed by atoms with E-state index < -0.39 is 5.75 Å². The molecule has 0 aliphatic rings. The monoisotopic (exact) mass is 385 g/mol. The normalized spacial score (nSPS) is 11.5. The van der Waals surface area contributed by atoms with Crippen LogP contribution in [0.15, 0.2) is 18.2 Å². The van der Waals surface area contributed by atoms with Gasteiger partial charge in [0.15, 0.2) is 17.3 Å². The van der Waals surface area contributed by atoms with Crippen LogP contribution in [0.4, 0.5) is 0 Å². The van der Waals surface area contributed by atoms with Gasteiger partial charge in [-0.15, -0.1) is 0 Å². The average molecular weight is 386 g/mol. The van der Waals surface area contributed by atoms with Gasteiger partial charge in [0.25, 0.3) is 0 Å². The van der Waals surface area contributed by atoms with Crippen molar-refractivity contribution in [3.63, 3.8) is 0 Å². The summed E-state index contributed by atoms with van der Waals surface area (Å²) in [6.45, 7) is 12.8. The van der Waals surface area contributed by atoms with Gasteiger partial charge < -0.3 is 20.3 Å². The van der Waals surface area contributed by atoms with Crippen LogP contribution < -0.4 is 10.1 Å². The summed E-state index contributed by atoms with van der Waals surface area (Å²) in [4.78, 5) is 12.7. The van der Waals surface area contributed by atoms with Crippen molar-refractivity contribution in [3.8, 4) is 17.2 Å². The highest BCUT2D eigenvalue weighted by Gasteiger charge is 2.24. The van der Waals surface area contributed by atoms with E-state index in [0.29, 0.717) is 0 Å². The van der Waals surface area contributed by atoms with Crippen LogP contribution in [0.5, 0.6) is 17.2 Å². The second kappa shape index (κ2) is 8.23. The number of methoxy groups -OCH3 is 1. The minimum Gasteiger partial charge on any atom is -0.504 e. The SMILES string of the molecule is COc1c(C(=O)CNC(C)(C)Cc2c(C)c(C)cc(C)c2C)ccc(O)c1O. The Balaban J connectivity index is 2.19. The summed E-state index contributed by atoms with van der Waals surface area (Å²) in [7, 11) is 1.36. The molecule has 3 N–H and O–H groups in total. The molecule has 0 aliphatic carbocycles. The molecule has 0 unspecified atom stereocenters. The summed E-state index contributed by atoms with van der Waals surface area (Å²) in [6, 6.07) is 4.96. The number of hydrogen-bond acceptors (Lipinski definition) is 5. The van der Waals surface area contributed by atoms with Gasteiger partial charge in [-0.1, -0.05) is 6.07 Å². The lowest BCUT2D eigenvalue weighted by molar-refractivity contribution is 0.0976. The molecular weight excluding hydrogens is 354 g/mol. The molecule has 5 nitrogen and oxygen atoms in total. The molecule has 0 aromatic heterocycles. The van der Waals surface area contributed by atoms with Crippen molar-refractivity contribution in [2.24, 2.45) is 0 Å². The van der Waals surface area contributed by atoms with Crippen molar-refractivity contribution >= 4 is 5.78 Å². The maximum Gasteiger partial charge on any atom is 0.201 e. The predicted octanol–water partition coefficient (Wildman–Crippen LogP) is 4.13. The zero-order chi connectivity index (χ0) is 21.2. The predicted molar refractivity (Wildman–Crippen MR) is 112 cm³/mol. The second-order valence-corrected chi connectivity index (χ2v) is 8.09. The summed E-state index contributed by atoms with van der Waals surface area (Å²) in [5.74, 6) is -0.962. The Morgan fingerprint density at radius 2 is 1.64 bits per heavy atom. The molecule has 2 aromatic rings. The summed E-state index contributed by atoms with van der Waals surface area (Å²) in [5, 5.41) is 22.9. The van der Waals surface area contributed by atoms with Gasteiger partial charge in [-0.3, -0.25) is 4.79 Å². The molecule has 0 heterocycles. The lowest BCUT2D eigenvalue weighted by Gasteiger charge is -2.29. The zero-order valence-corrected chi connectivity index (χ0v) is 17.9. The van der Waals surface area contributed by atoms with Crippen LogP contribution in [0.2, 0.25) is 0 Å². The Kier molecular flexibility index (Phi) is 6.40. The molecule has 5 heteroatoms. The number of aryl methyl sites for hydroxylation is 2. The first-order valence-corrected chi connectivity index (χ1v) is 9.42. The van der Waals surface area contributed by atoms with Crippen molar-refractivity contribution < 1.29 is 19.7 Å². The number of phenols is 2. The van der Waals surface area contributed by atoms with Crippen molar-refractivity contribution in [2.45, 2.75) is 53.5 Å². The number of ether oxygens (including phenoxy) is 1. The number of rotatable bonds is 7. The summed E-state index contributed by atoms with van der Waals surface area (Å²) in [5.41, 5.74) is 6.35. The van der Waals surface area contributed by atoms with E-state index in [2.05, 4.69) is 52.9 Å². The van der Waals surface area contributed by atoms with Gasteiger partial charge >= 0.3 is 0 Å². The molecule has 0 bridgehead atoms. The zero-order valence-electron chi connectivity index (χ0n) is 17.9. The van der Waals surface area contributed by atoms with E-state index in [0.717, 1.165) is 6.42 Å². The molecule has 0 spiro atoms.